The topological polar surface area (TPSA) is 58.2 Å². The molecule has 0 bridgehead atoms. The van der Waals surface area contributed by atoms with E-state index < -0.39 is 10.0 Å². The van der Waals surface area contributed by atoms with E-state index in [2.05, 4.69) is 35.2 Å². The highest BCUT2D eigenvalue weighted by Crippen LogP contribution is 2.18. The molecular formula is C17H22N2O2S. The fourth-order valence-electron chi connectivity index (χ4n) is 2.28. The molecule has 0 heterocycles. The lowest BCUT2D eigenvalue weighted by Crippen LogP contribution is -2.21. The van der Waals surface area contributed by atoms with Crippen LogP contribution < -0.4 is 10.0 Å². The minimum absolute atomic E-state index is 0.0625. The number of aryl methyl sites for hydroxylation is 1. The normalized spacial score (nSPS) is 13.0. The van der Waals surface area contributed by atoms with Gasteiger partial charge in [-0.15, -0.1) is 0 Å². The summed E-state index contributed by atoms with van der Waals surface area (Å²) in [4.78, 5) is 0.289. The molecule has 0 aliphatic heterocycles. The molecule has 2 rings (SSSR count). The SMILES string of the molecule is CNS(=O)(=O)c1cccc([C@@H](C)NCc2cccc(C)c2)c1. The van der Waals surface area contributed by atoms with Crippen LogP contribution in [0.25, 0.3) is 0 Å². The van der Waals surface area contributed by atoms with Crippen molar-refractivity contribution in [3.8, 4) is 0 Å². The van der Waals surface area contributed by atoms with Crippen molar-refractivity contribution in [1.29, 1.82) is 0 Å². The molecule has 22 heavy (non-hydrogen) atoms. The Balaban J connectivity index is 2.10. The van der Waals surface area contributed by atoms with Crippen molar-refractivity contribution in [3.05, 3.63) is 65.2 Å². The number of sulfonamides is 1. The molecule has 0 aliphatic rings. The van der Waals surface area contributed by atoms with E-state index in [1.54, 1.807) is 18.2 Å². The van der Waals surface area contributed by atoms with Crippen molar-refractivity contribution in [3.63, 3.8) is 0 Å². The largest absolute Gasteiger partial charge is 0.306 e. The average molecular weight is 318 g/mol. The first-order chi connectivity index (χ1) is 10.4. The smallest absolute Gasteiger partial charge is 0.240 e. The number of nitrogens with one attached hydrogen (secondary N) is 2. The summed E-state index contributed by atoms with van der Waals surface area (Å²) < 4.78 is 26.1. The summed E-state index contributed by atoms with van der Waals surface area (Å²) >= 11 is 0. The summed E-state index contributed by atoms with van der Waals surface area (Å²) in [7, 11) is -1.99. The van der Waals surface area contributed by atoms with Crippen LogP contribution in [-0.2, 0) is 16.6 Å². The lowest BCUT2D eigenvalue weighted by molar-refractivity contribution is 0.571. The van der Waals surface area contributed by atoms with Crippen molar-refractivity contribution in [1.82, 2.24) is 10.0 Å². The van der Waals surface area contributed by atoms with Crippen LogP contribution in [0.3, 0.4) is 0 Å². The third kappa shape index (κ3) is 4.16. The number of benzene rings is 2. The van der Waals surface area contributed by atoms with Gasteiger partial charge in [0.1, 0.15) is 0 Å². The van der Waals surface area contributed by atoms with E-state index in [0.29, 0.717) is 0 Å². The maximum Gasteiger partial charge on any atom is 0.240 e. The second kappa shape index (κ2) is 7.05. The van der Waals surface area contributed by atoms with Crippen LogP contribution >= 0.6 is 0 Å². The van der Waals surface area contributed by atoms with Gasteiger partial charge in [0.25, 0.3) is 0 Å². The van der Waals surface area contributed by atoms with Gasteiger partial charge in [-0.3, -0.25) is 0 Å². The molecule has 0 aliphatic carbocycles. The number of rotatable bonds is 6. The fourth-order valence-corrected chi connectivity index (χ4v) is 3.06. The van der Waals surface area contributed by atoms with Crippen molar-refractivity contribution < 1.29 is 8.42 Å². The van der Waals surface area contributed by atoms with Crippen LogP contribution in [0.15, 0.2) is 53.4 Å². The number of hydrogen-bond donors (Lipinski definition) is 2. The van der Waals surface area contributed by atoms with Gasteiger partial charge in [0.05, 0.1) is 4.90 Å². The van der Waals surface area contributed by atoms with Gasteiger partial charge >= 0.3 is 0 Å². The van der Waals surface area contributed by atoms with Gasteiger partial charge in [-0.05, 0) is 44.2 Å². The van der Waals surface area contributed by atoms with E-state index in [0.717, 1.165) is 12.1 Å². The standard InChI is InChI=1S/C17H22N2O2S/c1-13-6-4-7-15(10-13)12-19-14(2)16-8-5-9-17(11-16)22(20,21)18-3/h4-11,14,18-19H,12H2,1-3H3/t14-/m1/s1. The molecule has 2 aromatic rings. The molecule has 0 fully saturated rings. The summed E-state index contributed by atoms with van der Waals surface area (Å²) in [6.07, 6.45) is 0. The molecular weight excluding hydrogens is 296 g/mol. The molecule has 0 aromatic heterocycles. The van der Waals surface area contributed by atoms with Gasteiger partial charge in [0.15, 0.2) is 0 Å². The van der Waals surface area contributed by atoms with Crippen molar-refractivity contribution in [2.75, 3.05) is 7.05 Å². The third-order valence-corrected chi connectivity index (χ3v) is 5.04. The zero-order valence-electron chi connectivity index (χ0n) is 13.1. The minimum Gasteiger partial charge on any atom is -0.306 e. The molecule has 0 saturated heterocycles. The second-order valence-electron chi connectivity index (χ2n) is 5.37. The Morgan fingerprint density at radius 3 is 2.50 bits per heavy atom. The summed E-state index contributed by atoms with van der Waals surface area (Å²) in [5.41, 5.74) is 3.39. The van der Waals surface area contributed by atoms with Crippen LogP contribution in [0.2, 0.25) is 0 Å². The first-order valence-corrected chi connectivity index (χ1v) is 8.73. The Morgan fingerprint density at radius 1 is 1.09 bits per heavy atom. The maximum absolute atomic E-state index is 11.9. The molecule has 2 aromatic carbocycles. The molecule has 0 saturated carbocycles. The first-order valence-electron chi connectivity index (χ1n) is 7.25. The average Bonchev–Trinajstić information content (AvgIpc) is 2.53. The Morgan fingerprint density at radius 2 is 1.82 bits per heavy atom. The predicted octanol–water partition coefficient (Wildman–Crippen LogP) is 2.75. The highest BCUT2D eigenvalue weighted by molar-refractivity contribution is 7.89. The molecule has 2 N–H and O–H groups in total. The Bertz CT molecular complexity index is 742. The Hall–Kier alpha value is -1.69. The molecule has 118 valence electrons. The van der Waals surface area contributed by atoms with E-state index >= 15 is 0 Å². The highest BCUT2D eigenvalue weighted by atomic mass is 32.2. The minimum atomic E-state index is -3.40. The van der Waals surface area contributed by atoms with Crippen LogP contribution in [-0.4, -0.2) is 15.5 Å². The molecule has 0 spiro atoms. The molecule has 0 unspecified atom stereocenters. The van der Waals surface area contributed by atoms with Crippen molar-refractivity contribution in [2.45, 2.75) is 31.3 Å². The monoisotopic (exact) mass is 318 g/mol. The van der Waals surface area contributed by atoms with Gasteiger partial charge in [-0.1, -0.05) is 42.0 Å². The van der Waals surface area contributed by atoms with E-state index in [1.165, 1.54) is 18.2 Å². The lowest BCUT2D eigenvalue weighted by Gasteiger charge is -2.15. The summed E-state index contributed by atoms with van der Waals surface area (Å²) in [6, 6.07) is 15.4. The zero-order chi connectivity index (χ0) is 16.2. The summed E-state index contributed by atoms with van der Waals surface area (Å²) in [5, 5.41) is 3.42. The summed E-state index contributed by atoms with van der Waals surface area (Å²) in [5.74, 6) is 0. The molecule has 4 nitrogen and oxygen atoms in total. The molecule has 5 heteroatoms. The third-order valence-electron chi connectivity index (χ3n) is 3.63. The highest BCUT2D eigenvalue weighted by Gasteiger charge is 2.13. The van der Waals surface area contributed by atoms with Gasteiger partial charge in [0, 0.05) is 12.6 Å². The van der Waals surface area contributed by atoms with Crippen molar-refractivity contribution in [2.24, 2.45) is 0 Å². The van der Waals surface area contributed by atoms with Crippen LogP contribution in [0.5, 0.6) is 0 Å². The van der Waals surface area contributed by atoms with E-state index in [4.69, 9.17) is 0 Å². The Kier molecular flexibility index (Phi) is 5.34. The van der Waals surface area contributed by atoms with Crippen LogP contribution in [0.4, 0.5) is 0 Å². The van der Waals surface area contributed by atoms with Gasteiger partial charge in [0.2, 0.25) is 10.0 Å². The van der Waals surface area contributed by atoms with Crippen LogP contribution in [0, 0.1) is 6.92 Å². The van der Waals surface area contributed by atoms with E-state index in [-0.39, 0.29) is 10.9 Å². The quantitative estimate of drug-likeness (QED) is 0.861. The van der Waals surface area contributed by atoms with Crippen molar-refractivity contribution >= 4 is 10.0 Å². The second-order valence-corrected chi connectivity index (χ2v) is 7.26. The number of hydrogen-bond acceptors (Lipinski definition) is 3. The molecule has 0 amide bonds. The first kappa shape index (κ1) is 16.7. The maximum atomic E-state index is 11.9. The Labute approximate surface area is 132 Å². The van der Waals surface area contributed by atoms with Gasteiger partial charge in [-0.25, -0.2) is 13.1 Å². The van der Waals surface area contributed by atoms with Gasteiger partial charge in [-0.2, -0.15) is 0 Å². The predicted molar refractivity (Wildman–Crippen MR) is 89.1 cm³/mol. The summed E-state index contributed by atoms with van der Waals surface area (Å²) in [6.45, 7) is 4.84. The molecule has 1 atom stereocenters. The van der Waals surface area contributed by atoms with Crippen LogP contribution in [0.1, 0.15) is 29.7 Å². The van der Waals surface area contributed by atoms with Gasteiger partial charge < -0.3 is 5.32 Å². The fraction of sp³-hybridized carbons (Fsp3) is 0.294. The zero-order valence-corrected chi connectivity index (χ0v) is 13.9. The molecule has 0 radical (unpaired) electrons. The van der Waals surface area contributed by atoms with E-state index in [9.17, 15) is 8.42 Å². The lowest BCUT2D eigenvalue weighted by atomic mass is 10.1. The van der Waals surface area contributed by atoms with E-state index in [1.807, 2.05) is 19.1 Å².